The van der Waals surface area contributed by atoms with Crippen molar-refractivity contribution in [3.8, 4) is 28.4 Å². The molecule has 0 aliphatic carbocycles. The van der Waals surface area contributed by atoms with E-state index in [1.165, 1.54) is 12.1 Å². The molecule has 0 aliphatic rings. The van der Waals surface area contributed by atoms with Crippen molar-refractivity contribution in [2.24, 2.45) is 0 Å². The van der Waals surface area contributed by atoms with Crippen LogP contribution in [0.2, 0.25) is 0 Å². The van der Waals surface area contributed by atoms with Crippen molar-refractivity contribution < 1.29 is 15.3 Å². The number of rotatable bonds is 3. The molecule has 0 aromatic heterocycles. The van der Waals surface area contributed by atoms with E-state index in [2.05, 4.69) is 0 Å². The van der Waals surface area contributed by atoms with Crippen LogP contribution in [0.25, 0.3) is 11.1 Å². The van der Waals surface area contributed by atoms with Gasteiger partial charge in [-0.05, 0) is 42.2 Å². The van der Waals surface area contributed by atoms with Gasteiger partial charge in [0.25, 0.3) is 0 Å². The zero-order valence-electron chi connectivity index (χ0n) is 11.1. The van der Waals surface area contributed by atoms with Crippen LogP contribution in [0.3, 0.4) is 0 Å². The monoisotopic (exact) mass is 258 g/mol. The van der Waals surface area contributed by atoms with Crippen molar-refractivity contribution in [3.63, 3.8) is 0 Å². The predicted molar refractivity (Wildman–Crippen MR) is 75.6 cm³/mol. The lowest BCUT2D eigenvalue weighted by molar-refractivity contribution is 0.449. The third-order valence-electron chi connectivity index (χ3n) is 3.32. The normalized spacial score (nSPS) is 10.6. The summed E-state index contributed by atoms with van der Waals surface area (Å²) in [5.41, 5.74) is 2.75. The summed E-state index contributed by atoms with van der Waals surface area (Å²) >= 11 is 0. The topological polar surface area (TPSA) is 60.7 Å². The first-order valence-corrected chi connectivity index (χ1v) is 6.44. The van der Waals surface area contributed by atoms with Gasteiger partial charge >= 0.3 is 0 Å². The number of benzene rings is 2. The SMILES string of the molecule is CCc1cc(O)c(-c2c(O)cccc2O)c(CC)c1. The van der Waals surface area contributed by atoms with Gasteiger partial charge in [0, 0.05) is 5.56 Å². The van der Waals surface area contributed by atoms with E-state index in [-0.39, 0.29) is 17.2 Å². The summed E-state index contributed by atoms with van der Waals surface area (Å²) in [5, 5.41) is 30.1. The number of phenols is 3. The Bertz CT molecular complexity index is 583. The van der Waals surface area contributed by atoms with E-state index in [1.807, 2.05) is 19.9 Å². The molecule has 0 saturated heterocycles. The Balaban J connectivity index is 2.75. The molecule has 0 unspecified atom stereocenters. The highest BCUT2D eigenvalue weighted by Gasteiger charge is 2.17. The second kappa shape index (κ2) is 5.22. The second-order valence-electron chi connectivity index (χ2n) is 4.53. The Morgan fingerprint density at radius 1 is 0.789 bits per heavy atom. The molecule has 2 aromatic rings. The van der Waals surface area contributed by atoms with Crippen LogP contribution in [0.1, 0.15) is 25.0 Å². The van der Waals surface area contributed by atoms with E-state index in [0.29, 0.717) is 17.5 Å². The molecule has 0 atom stereocenters. The summed E-state index contributed by atoms with van der Waals surface area (Å²) in [7, 11) is 0. The van der Waals surface area contributed by atoms with Crippen LogP contribution in [0.5, 0.6) is 17.2 Å². The molecule has 3 heteroatoms. The predicted octanol–water partition coefficient (Wildman–Crippen LogP) is 3.60. The molecule has 0 heterocycles. The summed E-state index contributed by atoms with van der Waals surface area (Å²) in [6.07, 6.45) is 1.54. The van der Waals surface area contributed by atoms with Crippen LogP contribution in [0, 0.1) is 0 Å². The molecule has 3 nitrogen and oxygen atoms in total. The molecule has 0 spiro atoms. The second-order valence-corrected chi connectivity index (χ2v) is 4.53. The quantitative estimate of drug-likeness (QED) is 0.788. The van der Waals surface area contributed by atoms with Crippen LogP contribution in [0.4, 0.5) is 0 Å². The van der Waals surface area contributed by atoms with E-state index >= 15 is 0 Å². The van der Waals surface area contributed by atoms with Crippen molar-refractivity contribution in [2.75, 3.05) is 0 Å². The summed E-state index contributed by atoms with van der Waals surface area (Å²) < 4.78 is 0. The van der Waals surface area contributed by atoms with Gasteiger partial charge in [0.2, 0.25) is 0 Å². The van der Waals surface area contributed by atoms with Crippen LogP contribution in [0.15, 0.2) is 30.3 Å². The zero-order valence-corrected chi connectivity index (χ0v) is 11.1. The highest BCUT2D eigenvalue weighted by Crippen LogP contribution is 2.43. The third kappa shape index (κ3) is 2.36. The molecule has 0 aliphatic heterocycles. The lowest BCUT2D eigenvalue weighted by Gasteiger charge is -2.15. The lowest BCUT2D eigenvalue weighted by atomic mass is 9.93. The Labute approximate surface area is 112 Å². The zero-order chi connectivity index (χ0) is 14.0. The minimum absolute atomic E-state index is 0.0331. The number of hydrogen-bond acceptors (Lipinski definition) is 3. The van der Waals surface area contributed by atoms with Crippen molar-refractivity contribution in [1.82, 2.24) is 0 Å². The fourth-order valence-electron chi connectivity index (χ4n) is 2.31. The Kier molecular flexibility index (Phi) is 3.65. The van der Waals surface area contributed by atoms with E-state index < -0.39 is 0 Å². The number of hydrogen-bond donors (Lipinski definition) is 3. The summed E-state index contributed by atoms with van der Waals surface area (Å²) in [5.74, 6) is 0.0245. The summed E-state index contributed by atoms with van der Waals surface area (Å²) in [6.45, 7) is 4.00. The van der Waals surface area contributed by atoms with Crippen LogP contribution >= 0.6 is 0 Å². The number of aromatic hydroxyl groups is 3. The van der Waals surface area contributed by atoms with Gasteiger partial charge in [0.1, 0.15) is 17.2 Å². The fourth-order valence-corrected chi connectivity index (χ4v) is 2.31. The molecule has 2 aromatic carbocycles. The molecule has 19 heavy (non-hydrogen) atoms. The molecular formula is C16H18O3. The van der Waals surface area contributed by atoms with Crippen molar-refractivity contribution in [3.05, 3.63) is 41.5 Å². The number of phenolic OH excluding ortho intramolecular Hbond substituents is 3. The van der Waals surface area contributed by atoms with Crippen molar-refractivity contribution in [2.45, 2.75) is 26.7 Å². The Morgan fingerprint density at radius 3 is 1.95 bits per heavy atom. The molecule has 0 fully saturated rings. The summed E-state index contributed by atoms with van der Waals surface area (Å²) in [4.78, 5) is 0. The van der Waals surface area contributed by atoms with Gasteiger partial charge in [0.05, 0.1) is 5.56 Å². The maximum Gasteiger partial charge on any atom is 0.127 e. The van der Waals surface area contributed by atoms with Gasteiger partial charge in [-0.2, -0.15) is 0 Å². The first-order valence-electron chi connectivity index (χ1n) is 6.44. The Hall–Kier alpha value is -2.16. The van der Waals surface area contributed by atoms with Gasteiger partial charge in [-0.3, -0.25) is 0 Å². The molecule has 3 N–H and O–H groups in total. The van der Waals surface area contributed by atoms with E-state index in [9.17, 15) is 15.3 Å². The van der Waals surface area contributed by atoms with E-state index in [0.717, 1.165) is 17.5 Å². The van der Waals surface area contributed by atoms with Crippen LogP contribution in [-0.4, -0.2) is 15.3 Å². The van der Waals surface area contributed by atoms with Gasteiger partial charge < -0.3 is 15.3 Å². The average Bonchev–Trinajstić information content (AvgIpc) is 2.39. The first-order chi connectivity index (χ1) is 9.08. The maximum atomic E-state index is 10.2. The minimum atomic E-state index is -0.0331. The Morgan fingerprint density at radius 2 is 1.42 bits per heavy atom. The highest BCUT2D eigenvalue weighted by molar-refractivity contribution is 5.83. The molecule has 0 bridgehead atoms. The molecule has 100 valence electrons. The third-order valence-corrected chi connectivity index (χ3v) is 3.32. The molecular weight excluding hydrogens is 240 g/mol. The van der Waals surface area contributed by atoms with E-state index in [4.69, 9.17) is 0 Å². The molecule has 0 radical (unpaired) electrons. The maximum absolute atomic E-state index is 10.2. The molecule has 2 rings (SSSR count). The highest BCUT2D eigenvalue weighted by atomic mass is 16.3. The fraction of sp³-hybridized carbons (Fsp3) is 0.250. The number of aryl methyl sites for hydroxylation is 2. The van der Waals surface area contributed by atoms with Gasteiger partial charge in [-0.25, -0.2) is 0 Å². The van der Waals surface area contributed by atoms with Gasteiger partial charge in [0.15, 0.2) is 0 Å². The minimum Gasteiger partial charge on any atom is -0.507 e. The van der Waals surface area contributed by atoms with Gasteiger partial charge in [-0.15, -0.1) is 0 Å². The average molecular weight is 258 g/mol. The van der Waals surface area contributed by atoms with E-state index in [1.54, 1.807) is 12.1 Å². The molecule has 0 amide bonds. The van der Waals surface area contributed by atoms with Crippen molar-refractivity contribution in [1.29, 1.82) is 0 Å². The largest absolute Gasteiger partial charge is 0.507 e. The van der Waals surface area contributed by atoms with Gasteiger partial charge in [-0.1, -0.05) is 26.0 Å². The first kappa shape index (κ1) is 13.3. The van der Waals surface area contributed by atoms with Crippen molar-refractivity contribution >= 4 is 0 Å². The van der Waals surface area contributed by atoms with Crippen LogP contribution in [-0.2, 0) is 12.8 Å². The standard InChI is InChI=1S/C16H18O3/c1-3-10-8-11(4-2)15(14(19)9-10)16-12(17)6-5-7-13(16)18/h5-9,17-19H,3-4H2,1-2H3. The lowest BCUT2D eigenvalue weighted by Crippen LogP contribution is -1.93. The summed E-state index contributed by atoms with van der Waals surface area (Å²) in [6, 6.07) is 8.25. The van der Waals surface area contributed by atoms with Crippen LogP contribution < -0.4 is 0 Å². The molecule has 0 saturated carbocycles. The smallest absolute Gasteiger partial charge is 0.127 e.